The number of carbonyl (C=O) groups excluding carboxylic acids is 1. The Bertz CT molecular complexity index is 305. The second kappa shape index (κ2) is 4.83. The lowest BCUT2D eigenvalue weighted by Gasteiger charge is -2.18. The van der Waals surface area contributed by atoms with Gasteiger partial charge in [0.05, 0.1) is 12.5 Å². The maximum Gasteiger partial charge on any atom is 0.306 e. The third-order valence-electron chi connectivity index (χ3n) is 2.84. The monoisotopic (exact) mass is 209 g/mol. The molecule has 1 amide bonds. The van der Waals surface area contributed by atoms with Crippen LogP contribution in [0.2, 0.25) is 0 Å². The van der Waals surface area contributed by atoms with Crippen LogP contribution < -0.4 is 0 Å². The standard InChI is InChI=1S/C11H15NO3/c1-3-6-12(2)10(13)8-4-5-9(7-8)11(14)15/h1,8-9H,4-7H2,2H3,(H,14,15). The molecule has 1 aliphatic carbocycles. The first-order valence-electron chi connectivity index (χ1n) is 4.97. The zero-order valence-corrected chi connectivity index (χ0v) is 8.77. The number of nitrogens with zero attached hydrogens (tertiary/aromatic N) is 1. The molecule has 1 N–H and O–H groups in total. The van der Waals surface area contributed by atoms with Gasteiger partial charge in [0, 0.05) is 13.0 Å². The van der Waals surface area contributed by atoms with Crippen LogP contribution in [0.4, 0.5) is 0 Å². The number of hydrogen-bond acceptors (Lipinski definition) is 2. The summed E-state index contributed by atoms with van der Waals surface area (Å²) in [4.78, 5) is 23.9. The molecule has 1 fully saturated rings. The van der Waals surface area contributed by atoms with Gasteiger partial charge in [0.25, 0.3) is 0 Å². The quantitative estimate of drug-likeness (QED) is 0.692. The number of terminal acetylenes is 1. The normalized spacial score (nSPS) is 24.5. The Morgan fingerprint density at radius 1 is 1.47 bits per heavy atom. The molecule has 0 radical (unpaired) electrons. The number of carbonyl (C=O) groups is 2. The van der Waals surface area contributed by atoms with E-state index >= 15 is 0 Å². The van der Waals surface area contributed by atoms with E-state index in [1.807, 2.05) is 0 Å². The first kappa shape index (κ1) is 11.6. The molecule has 4 heteroatoms. The van der Waals surface area contributed by atoms with Gasteiger partial charge in [-0.15, -0.1) is 6.42 Å². The fourth-order valence-electron chi connectivity index (χ4n) is 1.96. The number of carboxylic acids is 1. The Kier molecular flexibility index (Phi) is 3.73. The molecule has 1 aliphatic rings. The minimum absolute atomic E-state index is 0.0308. The van der Waals surface area contributed by atoms with Gasteiger partial charge in [0.15, 0.2) is 0 Å². The van der Waals surface area contributed by atoms with E-state index in [0.717, 1.165) is 0 Å². The van der Waals surface area contributed by atoms with Gasteiger partial charge in [-0.1, -0.05) is 5.92 Å². The zero-order chi connectivity index (χ0) is 11.4. The van der Waals surface area contributed by atoms with E-state index in [0.29, 0.717) is 19.3 Å². The van der Waals surface area contributed by atoms with Crippen molar-refractivity contribution in [3.05, 3.63) is 0 Å². The van der Waals surface area contributed by atoms with Gasteiger partial charge in [-0.25, -0.2) is 0 Å². The number of aliphatic carboxylic acids is 1. The van der Waals surface area contributed by atoms with Gasteiger partial charge in [-0.3, -0.25) is 9.59 Å². The third-order valence-corrected chi connectivity index (χ3v) is 2.84. The van der Waals surface area contributed by atoms with Crippen LogP contribution in [0.25, 0.3) is 0 Å². The molecule has 15 heavy (non-hydrogen) atoms. The van der Waals surface area contributed by atoms with Gasteiger partial charge in [-0.05, 0) is 19.3 Å². The van der Waals surface area contributed by atoms with Crippen molar-refractivity contribution in [3.63, 3.8) is 0 Å². The Hall–Kier alpha value is -1.50. The predicted octanol–water partition coefficient (Wildman–Crippen LogP) is 0.579. The van der Waals surface area contributed by atoms with E-state index in [4.69, 9.17) is 11.5 Å². The van der Waals surface area contributed by atoms with Crippen LogP contribution >= 0.6 is 0 Å². The average molecular weight is 209 g/mol. The fraction of sp³-hybridized carbons (Fsp3) is 0.636. The Labute approximate surface area is 89.3 Å². The molecule has 0 spiro atoms. The van der Waals surface area contributed by atoms with Crippen molar-refractivity contribution in [2.45, 2.75) is 19.3 Å². The van der Waals surface area contributed by atoms with Crippen LogP contribution in [0, 0.1) is 24.2 Å². The second-order valence-corrected chi connectivity index (χ2v) is 3.94. The molecule has 1 rings (SSSR count). The Morgan fingerprint density at radius 2 is 2.07 bits per heavy atom. The lowest BCUT2D eigenvalue weighted by molar-refractivity contribution is -0.141. The van der Waals surface area contributed by atoms with Crippen LogP contribution in [0.5, 0.6) is 0 Å². The molecular weight excluding hydrogens is 194 g/mol. The summed E-state index contributed by atoms with van der Waals surface area (Å²) in [6.45, 7) is 0.285. The lowest BCUT2D eigenvalue weighted by atomic mass is 10.0. The Balaban J connectivity index is 2.50. The lowest BCUT2D eigenvalue weighted by Crippen LogP contribution is -2.32. The molecule has 0 aromatic rings. The number of rotatable bonds is 3. The highest BCUT2D eigenvalue weighted by Gasteiger charge is 2.34. The van der Waals surface area contributed by atoms with Crippen LogP contribution in [0.15, 0.2) is 0 Å². The van der Waals surface area contributed by atoms with Gasteiger partial charge < -0.3 is 10.0 Å². The van der Waals surface area contributed by atoms with Crippen molar-refractivity contribution >= 4 is 11.9 Å². The van der Waals surface area contributed by atoms with E-state index in [2.05, 4.69) is 5.92 Å². The number of amides is 1. The zero-order valence-electron chi connectivity index (χ0n) is 8.77. The molecule has 0 heterocycles. The maximum absolute atomic E-state index is 11.7. The van der Waals surface area contributed by atoms with Crippen molar-refractivity contribution in [3.8, 4) is 12.3 Å². The minimum atomic E-state index is -0.801. The highest BCUT2D eigenvalue weighted by atomic mass is 16.4. The van der Waals surface area contributed by atoms with Crippen LogP contribution in [0.1, 0.15) is 19.3 Å². The van der Waals surface area contributed by atoms with E-state index in [-0.39, 0.29) is 24.3 Å². The summed E-state index contributed by atoms with van der Waals surface area (Å²) in [6, 6.07) is 0. The molecule has 0 aromatic heterocycles. The van der Waals surface area contributed by atoms with Crippen LogP contribution in [-0.4, -0.2) is 35.5 Å². The summed E-state index contributed by atoms with van der Waals surface area (Å²) in [7, 11) is 1.65. The van der Waals surface area contributed by atoms with Crippen molar-refractivity contribution < 1.29 is 14.7 Å². The van der Waals surface area contributed by atoms with E-state index in [9.17, 15) is 9.59 Å². The summed E-state index contributed by atoms with van der Waals surface area (Å²) in [5.41, 5.74) is 0. The van der Waals surface area contributed by atoms with Crippen molar-refractivity contribution in [2.75, 3.05) is 13.6 Å². The van der Waals surface area contributed by atoms with Gasteiger partial charge in [-0.2, -0.15) is 0 Å². The first-order valence-corrected chi connectivity index (χ1v) is 4.97. The number of carboxylic acid groups (broad SMARTS) is 1. The Morgan fingerprint density at radius 3 is 2.53 bits per heavy atom. The van der Waals surface area contributed by atoms with Crippen LogP contribution in [0.3, 0.4) is 0 Å². The van der Waals surface area contributed by atoms with Gasteiger partial charge in [0.2, 0.25) is 5.91 Å². The molecule has 0 aliphatic heterocycles. The van der Waals surface area contributed by atoms with E-state index in [1.165, 1.54) is 4.90 Å². The molecule has 2 unspecified atom stereocenters. The largest absolute Gasteiger partial charge is 0.481 e. The molecule has 0 saturated heterocycles. The topological polar surface area (TPSA) is 57.6 Å². The van der Waals surface area contributed by atoms with E-state index < -0.39 is 5.97 Å². The van der Waals surface area contributed by atoms with Gasteiger partial charge in [0.1, 0.15) is 0 Å². The molecule has 2 atom stereocenters. The molecule has 0 bridgehead atoms. The summed E-state index contributed by atoms with van der Waals surface area (Å²) in [5.74, 6) is 1.04. The highest BCUT2D eigenvalue weighted by Crippen LogP contribution is 2.32. The highest BCUT2D eigenvalue weighted by molar-refractivity contribution is 5.81. The molecule has 4 nitrogen and oxygen atoms in total. The number of hydrogen-bond donors (Lipinski definition) is 1. The van der Waals surface area contributed by atoms with Gasteiger partial charge >= 0.3 is 5.97 Å². The SMILES string of the molecule is C#CCN(C)C(=O)C1CCC(C(=O)O)C1. The molecular formula is C11H15NO3. The predicted molar refractivity (Wildman–Crippen MR) is 54.9 cm³/mol. The molecule has 82 valence electrons. The van der Waals surface area contributed by atoms with E-state index in [1.54, 1.807) is 7.05 Å². The first-order chi connectivity index (χ1) is 7.06. The molecule has 1 saturated carbocycles. The summed E-state index contributed by atoms with van der Waals surface area (Å²) in [5, 5.41) is 8.80. The fourth-order valence-corrected chi connectivity index (χ4v) is 1.96. The third kappa shape index (κ3) is 2.72. The van der Waals surface area contributed by atoms with Crippen LogP contribution in [-0.2, 0) is 9.59 Å². The van der Waals surface area contributed by atoms with Crippen molar-refractivity contribution in [1.82, 2.24) is 4.90 Å². The smallest absolute Gasteiger partial charge is 0.306 e. The summed E-state index contributed by atoms with van der Waals surface area (Å²) in [6.07, 6.45) is 6.80. The maximum atomic E-state index is 11.7. The second-order valence-electron chi connectivity index (χ2n) is 3.94. The minimum Gasteiger partial charge on any atom is -0.481 e. The van der Waals surface area contributed by atoms with Crippen molar-refractivity contribution in [2.24, 2.45) is 11.8 Å². The molecule has 0 aromatic carbocycles. The average Bonchev–Trinajstić information content (AvgIpc) is 2.65. The summed E-state index contributed by atoms with van der Waals surface area (Å²) < 4.78 is 0. The summed E-state index contributed by atoms with van der Waals surface area (Å²) >= 11 is 0. The van der Waals surface area contributed by atoms with Crippen molar-refractivity contribution in [1.29, 1.82) is 0 Å².